The number of hydrogen-bond donors (Lipinski definition) is 0. The van der Waals surface area contributed by atoms with E-state index >= 15 is 0 Å². The molecule has 0 radical (unpaired) electrons. The van der Waals surface area contributed by atoms with Crippen LogP contribution in [-0.4, -0.2) is 19.5 Å². The quantitative estimate of drug-likeness (QED) is 0.173. The molecule has 5 nitrogen and oxygen atoms in total. The van der Waals surface area contributed by atoms with Crippen molar-refractivity contribution in [3.8, 4) is 51.3 Å². The molecule has 11 aromatic rings. The zero-order valence-electron chi connectivity index (χ0n) is 28.9. The maximum Gasteiger partial charge on any atom is 0.167 e. The highest BCUT2D eigenvalue weighted by Crippen LogP contribution is 2.50. The molecule has 0 unspecified atom stereocenters. The van der Waals surface area contributed by atoms with Crippen LogP contribution in [0, 0.1) is 0 Å². The third-order valence-corrected chi connectivity index (χ3v) is 11.0. The Hall–Kier alpha value is -7.37. The maximum atomic E-state index is 6.86. The van der Waals surface area contributed by atoms with Crippen LogP contribution < -0.4 is 4.74 Å². The summed E-state index contributed by atoms with van der Waals surface area (Å²) in [4.78, 5) is 15.6. The van der Waals surface area contributed by atoms with Gasteiger partial charge in [-0.1, -0.05) is 133 Å². The molecule has 0 bridgehead atoms. The molecule has 0 spiro atoms. The third kappa shape index (κ3) is 4.12. The molecule has 0 atom stereocenters. The van der Waals surface area contributed by atoms with E-state index in [1.807, 2.05) is 30.3 Å². The molecule has 9 aromatic carbocycles. The number of rotatable bonds is 4. The smallest absolute Gasteiger partial charge is 0.167 e. The molecule has 1 aliphatic heterocycles. The Balaban J connectivity index is 1.12. The molecular weight excluding hydrogens is 661 g/mol. The van der Waals surface area contributed by atoms with Crippen molar-refractivity contribution in [3.05, 3.63) is 170 Å². The summed E-state index contributed by atoms with van der Waals surface area (Å²) in [7, 11) is 0. The Kier molecular flexibility index (Phi) is 5.99. The van der Waals surface area contributed by atoms with Crippen LogP contribution in [0.25, 0.3) is 105 Å². The van der Waals surface area contributed by atoms with Gasteiger partial charge in [0.1, 0.15) is 11.5 Å². The highest BCUT2D eigenvalue weighted by Gasteiger charge is 2.25. The number of aromatic nitrogens is 4. The molecule has 12 rings (SSSR count). The Morgan fingerprint density at radius 3 is 1.67 bits per heavy atom. The van der Waals surface area contributed by atoms with Crippen LogP contribution in [0.5, 0.6) is 11.5 Å². The van der Waals surface area contributed by atoms with Crippen LogP contribution in [0.15, 0.2) is 170 Å². The van der Waals surface area contributed by atoms with Crippen LogP contribution in [0.1, 0.15) is 0 Å². The number of para-hydroxylation sites is 2. The second kappa shape index (κ2) is 11.1. The van der Waals surface area contributed by atoms with Gasteiger partial charge in [0, 0.05) is 43.4 Å². The van der Waals surface area contributed by atoms with Crippen molar-refractivity contribution in [2.75, 3.05) is 0 Å². The standard InChI is InChI=1S/C49H28N4O/c1-2-11-32(12-3-1)47-50-48(37-27-28-41(34-15-5-4-14-33(34)37)53-39-18-8-6-16-35(39)36-17-7-9-19-40(36)53)52-49(51-47)38-26-25-31-24-23-30-22-21-29-13-10-20-42-43(29)44(30)45(31)46(38)54-42/h1-28H. The Labute approximate surface area is 309 Å². The third-order valence-electron chi connectivity index (χ3n) is 11.0. The van der Waals surface area contributed by atoms with Crippen molar-refractivity contribution < 1.29 is 4.74 Å². The molecule has 250 valence electrons. The molecule has 0 N–H and O–H groups in total. The summed E-state index contributed by atoms with van der Waals surface area (Å²) >= 11 is 0. The molecule has 5 heteroatoms. The lowest BCUT2D eigenvalue weighted by atomic mass is 9.92. The van der Waals surface area contributed by atoms with E-state index in [2.05, 4.69) is 144 Å². The van der Waals surface area contributed by atoms with Gasteiger partial charge in [0.2, 0.25) is 0 Å². The fourth-order valence-corrected chi connectivity index (χ4v) is 8.61. The Morgan fingerprint density at radius 1 is 0.370 bits per heavy atom. The molecule has 0 saturated heterocycles. The van der Waals surface area contributed by atoms with Gasteiger partial charge >= 0.3 is 0 Å². The summed E-state index contributed by atoms with van der Waals surface area (Å²) in [5.41, 5.74) is 6.12. The minimum Gasteiger partial charge on any atom is -0.455 e. The fourth-order valence-electron chi connectivity index (χ4n) is 8.61. The molecule has 0 fully saturated rings. The van der Waals surface area contributed by atoms with Crippen LogP contribution in [0.3, 0.4) is 0 Å². The average molecular weight is 689 g/mol. The van der Waals surface area contributed by atoms with Crippen molar-refractivity contribution in [1.82, 2.24) is 19.5 Å². The van der Waals surface area contributed by atoms with Crippen LogP contribution >= 0.6 is 0 Å². The first-order valence-electron chi connectivity index (χ1n) is 18.2. The van der Waals surface area contributed by atoms with Gasteiger partial charge < -0.3 is 9.30 Å². The molecule has 54 heavy (non-hydrogen) atoms. The van der Waals surface area contributed by atoms with Gasteiger partial charge in [-0.05, 0) is 57.9 Å². The molecular formula is C49H28N4O. The molecule has 1 aliphatic rings. The van der Waals surface area contributed by atoms with Crippen molar-refractivity contribution in [1.29, 1.82) is 0 Å². The summed E-state index contributed by atoms with van der Waals surface area (Å²) in [6, 6.07) is 59.6. The summed E-state index contributed by atoms with van der Waals surface area (Å²) in [6.07, 6.45) is 0. The number of fused-ring (bicyclic) bond motifs is 4. The number of benzene rings is 9. The predicted molar refractivity (Wildman–Crippen MR) is 221 cm³/mol. The van der Waals surface area contributed by atoms with Crippen molar-refractivity contribution in [2.45, 2.75) is 0 Å². The SMILES string of the molecule is c1ccc(-c2nc(-c3ccc4ccc5ccc6cccc7c6c5c4c3O7)nc(-c3ccc(-n4c5ccccc5c5ccccc54)c4ccccc34)n2)cc1. The van der Waals surface area contributed by atoms with E-state index in [1.165, 1.54) is 32.6 Å². The number of ether oxygens (including phenoxy) is 1. The Morgan fingerprint density at radius 2 is 0.926 bits per heavy atom. The molecule has 0 aliphatic carbocycles. The van der Waals surface area contributed by atoms with Crippen molar-refractivity contribution in [3.63, 3.8) is 0 Å². The molecule has 2 aromatic heterocycles. The minimum atomic E-state index is 0.565. The maximum absolute atomic E-state index is 6.86. The second-order valence-electron chi connectivity index (χ2n) is 13.9. The van der Waals surface area contributed by atoms with Gasteiger partial charge in [-0.15, -0.1) is 0 Å². The zero-order valence-corrected chi connectivity index (χ0v) is 28.9. The first-order chi connectivity index (χ1) is 26.8. The lowest BCUT2D eigenvalue weighted by molar-refractivity contribution is 0.494. The average Bonchev–Trinajstić information content (AvgIpc) is 3.57. The fraction of sp³-hybridized carbons (Fsp3) is 0. The van der Waals surface area contributed by atoms with Gasteiger partial charge in [0.05, 0.1) is 22.3 Å². The van der Waals surface area contributed by atoms with Crippen LogP contribution in [0.4, 0.5) is 0 Å². The van der Waals surface area contributed by atoms with E-state index < -0.39 is 0 Å². The van der Waals surface area contributed by atoms with Crippen molar-refractivity contribution >= 4 is 64.9 Å². The number of nitrogens with zero attached hydrogens (tertiary/aromatic N) is 4. The lowest BCUT2D eigenvalue weighted by Crippen LogP contribution is -2.03. The van der Waals surface area contributed by atoms with E-state index in [-0.39, 0.29) is 0 Å². The van der Waals surface area contributed by atoms with Gasteiger partial charge in [-0.2, -0.15) is 0 Å². The van der Waals surface area contributed by atoms with Crippen LogP contribution in [-0.2, 0) is 0 Å². The van der Waals surface area contributed by atoms with E-state index in [0.717, 1.165) is 66.2 Å². The topological polar surface area (TPSA) is 52.8 Å². The molecule has 0 saturated carbocycles. The van der Waals surface area contributed by atoms with Gasteiger partial charge in [-0.3, -0.25) is 0 Å². The predicted octanol–water partition coefficient (Wildman–Crippen LogP) is 12.7. The van der Waals surface area contributed by atoms with E-state index in [4.69, 9.17) is 19.7 Å². The summed E-state index contributed by atoms with van der Waals surface area (Å²) in [5, 5.41) is 11.5. The largest absolute Gasteiger partial charge is 0.455 e. The zero-order chi connectivity index (χ0) is 35.3. The monoisotopic (exact) mass is 688 g/mol. The normalized spacial score (nSPS) is 12.2. The lowest BCUT2D eigenvalue weighted by Gasteiger charge is -2.22. The minimum absolute atomic E-state index is 0.565. The highest BCUT2D eigenvalue weighted by molar-refractivity contribution is 6.26. The first-order valence-corrected chi connectivity index (χ1v) is 18.2. The van der Waals surface area contributed by atoms with E-state index in [1.54, 1.807) is 0 Å². The summed E-state index contributed by atoms with van der Waals surface area (Å²) in [5.74, 6) is 3.39. The van der Waals surface area contributed by atoms with Gasteiger partial charge in [0.15, 0.2) is 17.5 Å². The van der Waals surface area contributed by atoms with Crippen LogP contribution in [0.2, 0.25) is 0 Å². The second-order valence-corrected chi connectivity index (χ2v) is 13.9. The van der Waals surface area contributed by atoms with Crippen molar-refractivity contribution in [2.24, 2.45) is 0 Å². The highest BCUT2D eigenvalue weighted by atomic mass is 16.5. The first kappa shape index (κ1) is 29.2. The molecule has 3 heterocycles. The summed E-state index contributed by atoms with van der Waals surface area (Å²) in [6.45, 7) is 0. The van der Waals surface area contributed by atoms with Gasteiger partial charge in [-0.25, -0.2) is 15.0 Å². The Bertz CT molecular complexity index is 3310. The van der Waals surface area contributed by atoms with E-state index in [9.17, 15) is 0 Å². The molecule has 0 amide bonds. The number of hydrogen-bond acceptors (Lipinski definition) is 4. The van der Waals surface area contributed by atoms with Gasteiger partial charge in [0.25, 0.3) is 0 Å². The van der Waals surface area contributed by atoms with E-state index in [0.29, 0.717) is 17.5 Å². The summed E-state index contributed by atoms with van der Waals surface area (Å²) < 4.78 is 9.23.